The van der Waals surface area contributed by atoms with Crippen molar-refractivity contribution in [2.45, 2.75) is 25.2 Å². The summed E-state index contributed by atoms with van der Waals surface area (Å²) in [6, 6.07) is 10.9. The third kappa shape index (κ3) is 2.45. The molecule has 2 aromatic heterocycles. The lowest BCUT2D eigenvalue weighted by Crippen LogP contribution is -2.47. The zero-order valence-electron chi connectivity index (χ0n) is 14.0. The van der Waals surface area contributed by atoms with Gasteiger partial charge in [-0.25, -0.2) is 9.97 Å². The minimum absolute atomic E-state index is 0.0762. The van der Waals surface area contributed by atoms with Gasteiger partial charge in [0.2, 0.25) is 0 Å². The summed E-state index contributed by atoms with van der Waals surface area (Å²) in [4.78, 5) is 14.3. The quantitative estimate of drug-likeness (QED) is 0.778. The maximum Gasteiger partial charge on any atom is 0.142 e. The Morgan fingerprint density at radius 2 is 2.04 bits per heavy atom. The van der Waals surface area contributed by atoms with Crippen LogP contribution in [-0.2, 0) is 5.41 Å². The molecule has 124 valence electrons. The number of fused-ring (bicyclic) bond motifs is 1. The predicted octanol–water partition coefficient (Wildman–Crippen LogP) is 2.76. The zero-order valence-corrected chi connectivity index (χ0v) is 14.0. The van der Waals surface area contributed by atoms with E-state index in [0.29, 0.717) is 6.54 Å². The molecule has 5 nitrogen and oxygen atoms in total. The van der Waals surface area contributed by atoms with Gasteiger partial charge in [0.15, 0.2) is 0 Å². The lowest BCUT2D eigenvalue weighted by molar-refractivity contribution is 0.339. The van der Waals surface area contributed by atoms with Crippen molar-refractivity contribution in [2.24, 2.45) is 5.73 Å². The van der Waals surface area contributed by atoms with Crippen LogP contribution in [0, 0.1) is 6.92 Å². The van der Waals surface area contributed by atoms with E-state index in [9.17, 15) is 0 Å². The lowest BCUT2D eigenvalue weighted by atomic mass is 9.72. The number of hydrogen-bond acceptors (Lipinski definition) is 4. The van der Waals surface area contributed by atoms with Crippen LogP contribution in [-0.4, -0.2) is 34.6 Å². The van der Waals surface area contributed by atoms with Crippen molar-refractivity contribution >= 4 is 16.9 Å². The number of nitrogens with two attached hydrogens (primary N) is 1. The molecule has 3 heterocycles. The summed E-state index contributed by atoms with van der Waals surface area (Å²) in [6.07, 6.45) is 5.65. The molecule has 1 fully saturated rings. The van der Waals surface area contributed by atoms with Crippen molar-refractivity contribution < 1.29 is 0 Å². The van der Waals surface area contributed by atoms with E-state index in [1.165, 1.54) is 11.1 Å². The van der Waals surface area contributed by atoms with Crippen molar-refractivity contribution in [1.29, 1.82) is 0 Å². The van der Waals surface area contributed by atoms with E-state index in [1.54, 1.807) is 6.33 Å². The molecule has 4 rings (SSSR count). The standard InChI is InChI=1S/C19H23N5/c1-14-3-2-4-15(11-14)19(12-20)6-9-24(10-7-19)18-16-5-8-21-17(16)22-13-23-18/h2-5,8,11,13H,6-7,9-10,12,20H2,1H3,(H,21,22,23). The highest BCUT2D eigenvalue weighted by Crippen LogP contribution is 2.37. The average molecular weight is 321 g/mol. The molecule has 0 amide bonds. The van der Waals surface area contributed by atoms with Crippen LogP contribution in [0.3, 0.4) is 0 Å². The van der Waals surface area contributed by atoms with Crippen molar-refractivity contribution in [3.05, 3.63) is 54.0 Å². The second-order valence-electron chi connectivity index (χ2n) is 6.78. The van der Waals surface area contributed by atoms with Crippen molar-refractivity contribution in [1.82, 2.24) is 15.0 Å². The summed E-state index contributed by atoms with van der Waals surface area (Å²) in [5, 5.41) is 1.09. The number of benzene rings is 1. The highest BCUT2D eigenvalue weighted by atomic mass is 15.2. The Morgan fingerprint density at radius 1 is 1.21 bits per heavy atom. The minimum Gasteiger partial charge on any atom is -0.356 e. The molecule has 0 atom stereocenters. The first kappa shape index (κ1) is 15.1. The molecular formula is C19H23N5. The molecule has 5 heteroatoms. The number of aromatic amines is 1. The molecule has 1 saturated heterocycles. The first-order chi connectivity index (χ1) is 11.7. The van der Waals surface area contributed by atoms with Crippen molar-refractivity contribution in [3.63, 3.8) is 0 Å². The normalized spacial score (nSPS) is 17.3. The van der Waals surface area contributed by atoms with Gasteiger partial charge in [-0.05, 0) is 31.4 Å². The number of piperidine rings is 1. The number of anilines is 1. The molecule has 0 aliphatic carbocycles. The molecule has 3 N–H and O–H groups in total. The summed E-state index contributed by atoms with van der Waals surface area (Å²) >= 11 is 0. The van der Waals surface area contributed by atoms with Gasteiger partial charge in [-0.2, -0.15) is 0 Å². The van der Waals surface area contributed by atoms with Crippen LogP contribution in [0.2, 0.25) is 0 Å². The zero-order chi connectivity index (χ0) is 16.6. The fraction of sp³-hybridized carbons (Fsp3) is 0.368. The number of aryl methyl sites for hydroxylation is 1. The van der Waals surface area contributed by atoms with E-state index >= 15 is 0 Å². The topological polar surface area (TPSA) is 70.8 Å². The maximum atomic E-state index is 6.23. The van der Waals surface area contributed by atoms with E-state index in [0.717, 1.165) is 42.8 Å². The second kappa shape index (κ2) is 5.91. The lowest BCUT2D eigenvalue weighted by Gasteiger charge is -2.42. The third-order valence-electron chi connectivity index (χ3n) is 5.37. The van der Waals surface area contributed by atoms with E-state index in [-0.39, 0.29) is 5.41 Å². The monoisotopic (exact) mass is 321 g/mol. The number of H-pyrrole nitrogens is 1. The maximum absolute atomic E-state index is 6.23. The van der Waals surface area contributed by atoms with Gasteiger partial charge in [-0.15, -0.1) is 0 Å². The first-order valence-corrected chi connectivity index (χ1v) is 8.52. The Morgan fingerprint density at radius 3 is 2.79 bits per heavy atom. The predicted molar refractivity (Wildman–Crippen MR) is 97.2 cm³/mol. The molecule has 1 aliphatic heterocycles. The van der Waals surface area contributed by atoms with Gasteiger partial charge < -0.3 is 15.6 Å². The number of nitrogens with one attached hydrogen (secondary N) is 1. The average Bonchev–Trinajstić information content (AvgIpc) is 3.10. The number of nitrogens with zero attached hydrogens (tertiary/aromatic N) is 3. The molecule has 3 aromatic rings. The van der Waals surface area contributed by atoms with Gasteiger partial charge in [0, 0.05) is 31.2 Å². The molecule has 1 aromatic carbocycles. The van der Waals surface area contributed by atoms with Gasteiger partial charge in [0.1, 0.15) is 17.8 Å². The molecule has 0 saturated carbocycles. The summed E-state index contributed by atoms with van der Waals surface area (Å²) in [6.45, 7) is 4.75. The number of hydrogen-bond donors (Lipinski definition) is 2. The summed E-state index contributed by atoms with van der Waals surface area (Å²) in [5.74, 6) is 1.02. The summed E-state index contributed by atoms with van der Waals surface area (Å²) in [5.41, 5.74) is 9.88. The molecule has 0 spiro atoms. The number of aromatic nitrogens is 3. The molecule has 0 unspecified atom stereocenters. The fourth-order valence-electron chi connectivity index (χ4n) is 3.84. The first-order valence-electron chi connectivity index (χ1n) is 8.52. The summed E-state index contributed by atoms with van der Waals surface area (Å²) < 4.78 is 0. The van der Waals surface area contributed by atoms with Gasteiger partial charge in [-0.1, -0.05) is 29.8 Å². The molecule has 0 bridgehead atoms. The van der Waals surface area contributed by atoms with Crippen LogP contribution in [0.1, 0.15) is 24.0 Å². The van der Waals surface area contributed by atoms with Gasteiger partial charge in [0.05, 0.1) is 5.39 Å². The van der Waals surface area contributed by atoms with Crippen molar-refractivity contribution in [2.75, 3.05) is 24.5 Å². The van der Waals surface area contributed by atoms with Crippen LogP contribution < -0.4 is 10.6 Å². The van der Waals surface area contributed by atoms with Crippen LogP contribution in [0.5, 0.6) is 0 Å². The van der Waals surface area contributed by atoms with E-state index in [1.807, 2.05) is 6.20 Å². The Hall–Kier alpha value is -2.40. The van der Waals surface area contributed by atoms with Gasteiger partial charge >= 0.3 is 0 Å². The smallest absolute Gasteiger partial charge is 0.142 e. The summed E-state index contributed by atoms with van der Waals surface area (Å²) in [7, 11) is 0. The number of rotatable bonds is 3. The third-order valence-corrected chi connectivity index (χ3v) is 5.37. The minimum atomic E-state index is 0.0762. The fourth-order valence-corrected chi connectivity index (χ4v) is 3.84. The van der Waals surface area contributed by atoms with Crippen LogP contribution in [0.25, 0.3) is 11.0 Å². The Bertz CT molecular complexity index is 846. The Balaban J connectivity index is 1.61. The van der Waals surface area contributed by atoms with E-state index < -0.39 is 0 Å². The van der Waals surface area contributed by atoms with Crippen molar-refractivity contribution in [3.8, 4) is 0 Å². The van der Waals surface area contributed by atoms with E-state index in [4.69, 9.17) is 5.73 Å². The SMILES string of the molecule is Cc1cccc(C2(CN)CCN(c3ncnc4[nH]ccc34)CC2)c1. The highest BCUT2D eigenvalue weighted by Gasteiger charge is 2.35. The molecule has 0 radical (unpaired) electrons. The molecule has 24 heavy (non-hydrogen) atoms. The largest absolute Gasteiger partial charge is 0.356 e. The molecular weight excluding hydrogens is 298 g/mol. The Kier molecular flexibility index (Phi) is 3.73. The highest BCUT2D eigenvalue weighted by molar-refractivity contribution is 5.87. The van der Waals surface area contributed by atoms with Gasteiger partial charge in [0.25, 0.3) is 0 Å². The van der Waals surface area contributed by atoms with Crippen LogP contribution >= 0.6 is 0 Å². The van der Waals surface area contributed by atoms with Gasteiger partial charge in [-0.3, -0.25) is 0 Å². The Labute approximate surface area is 141 Å². The second-order valence-corrected chi connectivity index (χ2v) is 6.78. The molecule has 1 aliphatic rings. The van der Waals surface area contributed by atoms with Crippen LogP contribution in [0.4, 0.5) is 5.82 Å². The van der Waals surface area contributed by atoms with Crippen LogP contribution in [0.15, 0.2) is 42.9 Å². The van der Waals surface area contributed by atoms with E-state index in [2.05, 4.69) is 57.1 Å².